The van der Waals surface area contributed by atoms with Gasteiger partial charge in [0, 0.05) is 74.0 Å². The number of nitrogens with one attached hydrogen (secondary N) is 1. The maximum Gasteiger partial charge on any atom is 0.258 e. The predicted molar refractivity (Wildman–Crippen MR) is 188 cm³/mol. The molecule has 8 rings (SSSR count). The van der Waals surface area contributed by atoms with E-state index in [0.29, 0.717) is 28.7 Å². The van der Waals surface area contributed by atoms with Crippen LogP contribution in [0.1, 0.15) is 73.5 Å². The van der Waals surface area contributed by atoms with Gasteiger partial charge in [-0.25, -0.2) is 4.98 Å². The molecule has 4 fully saturated rings. The smallest absolute Gasteiger partial charge is 0.258 e. The molecule has 0 unspecified atom stereocenters. The lowest BCUT2D eigenvalue weighted by Gasteiger charge is -2.54. The van der Waals surface area contributed by atoms with Crippen molar-refractivity contribution >= 4 is 28.6 Å². The molecular weight excluding hydrogens is 602 g/mol. The van der Waals surface area contributed by atoms with Gasteiger partial charge in [0.25, 0.3) is 5.91 Å². The second kappa shape index (κ2) is 12.6. The van der Waals surface area contributed by atoms with Gasteiger partial charge >= 0.3 is 0 Å². The number of piperidine rings is 2. The molecular formula is C37H49N9O2. The SMILES string of the molecule is Cc1c(-c2cc(C(=O)Nc3nc4ccc(N5CCC(N6CCC7(CC6)CN(C)C7)CC5)cc4n3[C@H]3CC[C@@H](O)CC3)ccn2)cnn1C. The third-order valence-corrected chi connectivity index (χ3v) is 11.9. The van der Waals surface area contributed by atoms with E-state index in [2.05, 4.69) is 59.9 Å². The van der Waals surface area contributed by atoms with E-state index < -0.39 is 0 Å². The van der Waals surface area contributed by atoms with E-state index in [1.54, 1.807) is 23.1 Å². The summed E-state index contributed by atoms with van der Waals surface area (Å²) in [5, 5.41) is 17.8. The number of anilines is 2. The maximum atomic E-state index is 13.7. The van der Waals surface area contributed by atoms with Crippen LogP contribution in [0, 0.1) is 12.3 Å². The predicted octanol–water partition coefficient (Wildman–Crippen LogP) is 4.86. The molecule has 6 heterocycles. The van der Waals surface area contributed by atoms with Crippen LogP contribution in [0.4, 0.5) is 11.6 Å². The summed E-state index contributed by atoms with van der Waals surface area (Å²) in [5.74, 6) is 0.339. The monoisotopic (exact) mass is 651 g/mol. The summed E-state index contributed by atoms with van der Waals surface area (Å²) >= 11 is 0. The molecule has 3 saturated heterocycles. The van der Waals surface area contributed by atoms with Crippen LogP contribution in [-0.4, -0.2) is 104 Å². The summed E-state index contributed by atoms with van der Waals surface area (Å²) < 4.78 is 4.03. The number of imidazole rings is 1. The Morgan fingerprint density at radius 3 is 2.38 bits per heavy atom. The standard InChI is InChI=1S/C37H49N9O2/c1-25-31(22-39-43(25)3)33-20-26(10-15-38-33)35(48)41-36-40-32-9-6-29(21-34(32)46(36)28-4-7-30(47)8-5-28)44-16-11-27(12-17-44)45-18-13-37(14-19-45)23-42(2)24-37/h6,9-10,15,20-22,27-28,30,47H,4-5,7-8,11-14,16-19,23-24H2,1-3H3,(H,40,41,48)/t28-,30+. The molecule has 2 N–H and O–H groups in total. The number of likely N-dealkylation sites (tertiary alicyclic amines) is 2. The fourth-order valence-corrected chi connectivity index (χ4v) is 8.96. The number of aliphatic hydroxyl groups is 1. The third kappa shape index (κ3) is 5.90. The van der Waals surface area contributed by atoms with E-state index in [4.69, 9.17) is 4.98 Å². The summed E-state index contributed by atoms with van der Waals surface area (Å²) in [4.78, 5) is 31.0. The first-order valence-electron chi connectivity index (χ1n) is 17.9. The maximum absolute atomic E-state index is 13.7. The second-order valence-corrected chi connectivity index (χ2v) is 15.0. The van der Waals surface area contributed by atoms with Crippen LogP contribution in [0.2, 0.25) is 0 Å². The van der Waals surface area contributed by atoms with Gasteiger partial charge in [-0.15, -0.1) is 0 Å². The molecule has 254 valence electrons. The van der Waals surface area contributed by atoms with Gasteiger partial charge in [0.2, 0.25) is 5.95 Å². The highest BCUT2D eigenvalue weighted by atomic mass is 16.3. The van der Waals surface area contributed by atoms with Gasteiger partial charge < -0.3 is 24.4 Å². The molecule has 11 heteroatoms. The Morgan fingerprint density at radius 1 is 0.938 bits per heavy atom. The molecule has 4 aromatic rings. The second-order valence-electron chi connectivity index (χ2n) is 15.0. The fourth-order valence-electron chi connectivity index (χ4n) is 8.96. The molecule has 1 aliphatic carbocycles. The van der Waals surface area contributed by atoms with Crippen molar-refractivity contribution in [3.63, 3.8) is 0 Å². The molecule has 0 radical (unpaired) electrons. The minimum absolute atomic E-state index is 0.151. The topological polar surface area (TPSA) is 108 Å². The number of amides is 1. The fraction of sp³-hybridized carbons (Fsp3) is 0.568. The number of hydrogen-bond acceptors (Lipinski definition) is 8. The number of benzene rings is 1. The van der Waals surface area contributed by atoms with E-state index in [1.807, 2.05) is 20.0 Å². The molecule has 0 atom stereocenters. The number of aryl methyl sites for hydroxylation is 1. The zero-order valence-electron chi connectivity index (χ0n) is 28.6. The van der Waals surface area contributed by atoms with Crippen molar-refractivity contribution in [2.75, 3.05) is 56.5 Å². The van der Waals surface area contributed by atoms with Gasteiger partial charge in [-0.05, 0) is 114 Å². The van der Waals surface area contributed by atoms with Gasteiger partial charge in [0.1, 0.15) is 0 Å². The number of rotatable bonds is 6. The van der Waals surface area contributed by atoms with Gasteiger partial charge in [-0.1, -0.05) is 0 Å². The van der Waals surface area contributed by atoms with Crippen LogP contribution in [-0.2, 0) is 7.05 Å². The minimum Gasteiger partial charge on any atom is -0.393 e. The quantitative estimate of drug-likeness (QED) is 0.305. The van der Waals surface area contributed by atoms with Crippen molar-refractivity contribution in [2.24, 2.45) is 12.5 Å². The van der Waals surface area contributed by atoms with E-state index >= 15 is 0 Å². The Bertz CT molecular complexity index is 1780. The number of carbonyl (C=O) groups excluding carboxylic acids is 1. The lowest BCUT2D eigenvalue weighted by molar-refractivity contribution is -0.0419. The first-order valence-corrected chi connectivity index (χ1v) is 17.9. The highest BCUT2D eigenvalue weighted by Crippen LogP contribution is 2.41. The summed E-state index contributed by atoms with van der Waals surface area (Å²) in [6.07, 6.45) is 11.5. The van der Waals surface area contributed by atoms with E-state index in [9.17, 15) is 9.90 Å². The van der Waals surface area contributed by atoms with E-state index in [-0.39, 0.29) is 18.1 Å². The van der Waals surface area contributed by atoms with Crippen molar-refractivity contribution in [3.8, 4) is 11.3 Å². The van der Waals surface area contributed by atoms with Crippen molar-refractivity contribution in [2.45, 2.75) is 76.5 Å². The first-order chi connectivity index (χ1) is 23.2. The number of aliphatic hydroxyl groups excluding tert-OH is 1. The number of aromatic nitrogens is 5. The number of pyridine rings is 1. The molecule has 0 bridgehead atoms. The molecule has 1 aromatic carbocycles. The van der Waals surface area contributed by atoms with Crippen LogP contribution in [0.15, 0.2) is 42.7 Å². The number of hydrogen-bond donors (Lipinski definition) is 2. The largest absolute Gasteiger partial charge is 0.393 e. The molecule has 3 aliphatic heterocycles. The zero-order valence-corrected chi connectivity index (χ0v) is 28.6. The van der Waals surface area contributed by atoms with Gasteiger partial charge in [-0.3, -0.25) is 19.8 Å². The summed E-state index contributed by atoms with van der Waals surface area (Å²) in [6, 6.07) is 11.0. The van der Waals surface area contributed by atoms with E-state index in [0.717, 1.165) is 61.1 Å². The Hall–Kier alpha value is -3.80. The van der Waals surface area contributed by atoms with E-state index in [1.165, 1.54) is 57.5 Å². The van der Waals surface area contributed by atoms with Gasteiger partial charge in [0.05, 0.1) is 29.0 Å². The Labute approximate surface area is 282 Å². The van der Waals surface area contributed by atoms with Crippen molar-refractivity contribution in [1.82, 2.24) is 34.1 Å². The van der Waals surface area contributed by atoms with Crippen LogP contribution in [0.5, 0.6) is 0 Å². The average molecular weight is 652 g/mol. The lowest BCUT2D eigenvalue weighted by atomic mass is 9.72. The lowest BCUT2D eigenvalue weighted by Crippen LogP contribution is -2.60. The third-order valence-electron chi connectivity index (χ3n) is 11.9. The average Bonchev–Trinajstić information content (AvgIpc) is 3.62. The molecule has 48 heavy (non-hydrogen) atoms. The van der Waals surface area contributed by atoms with Crippen LogP contribution >= 0.6 is 0 Å². The van der Waals surface area contributed by atoms with Gasteiger partial charge in [-0.2, -0.15) is 5.10 Å². The molecule has 11 nitrogen and oxygen atoms in total. The first kappa shape index (κ1) is 31.5. The molecule has 1 saturated carbocycles. The molecule has 1 amide bonds. The zero-order chi connectivity index (χ0) is 33.0. The number of nitrogens with zero attached hydrogens (tertiary/aromatic N) is 8. The van der Waals surface area contributed by atoms with Crippen LogP contribution in [0.3, 0.4) is 0 Å². The Morgan fingerprint density at radius 2 is 1.69 bits per heavy atom. The van der Waals surface area contributed by atoms with Crippen molar-refractivity contribution in [3.05, 3.63) is 54.0 Å². The van der Waals surface area contributed by atoms with Crippen LogP contribution in [0.25, 0.3) is 22.3 Å². The van der Waals surface area contributed by atoms with Crippen molar-refractivity contribution in [1.29, 1.82) is 0 Å². The van der Waals surface area contributed by atoms with Crippen LogP contribution < -0.4 is 10.2 Å². The number of carbonyl (C=O) groups is 1. The van der Waals surface area contributed by atoms with Gasteiger partial charge in [0.15, 0.2) is 0 Å². The minimum atomic E-state index is -0.266. The molecule has 1 spiro atoms. The Balaban J connectivity index is 1.01. The van der Waals surface area contributed by atoms with Crippen molar-refractivity contribution < 1.29 is 9.90 Å². The summed E-state index contributed by atoms with van der Waals surface area (Å²) in [5.41, 5.74) is 6.86. The molecule has 4 aliphatic rings. The Kier molecular flexibility index (Phi) is 8.25. The summed E-state index contributed by atoms with van der Waals surface area (Å²) in [7, 11) is 4.15. The highest BCUT2D eigenvalue weighted by Gasteiger charge is 2.44. The highest BCUT2D eigenvalue weighted by molar-refractivity contribution is 6.04. The summed E-state index contributed by atoms with van der Waals surface area (Å²) in [6.45, 7) is 9.15. The number of fused-ring (bicyclic) bond motifs is 1. The normalized spacial score (nSPS) is 23.9. The molecule has 3 aromatic heterocycles.